The molecular weight excluding hydrogens is 408 g/mol. The Labute approximate surface area is 143 Å². The van der Waals surface area contributed by atoms with Crippen molar-refractivity contribution in [1.29, 1.82) is 0 Å². The van der Waals surface area contributed by atoms with Crippen LogP contribution in [0.3, 0.4) is 0 Å². The first-order valence-corrected chi connectivity index (χ1v) is 9.86. The summed E-state index contributed by atoms with van der Waals surface area (Å²) in [6.45, 7) is 2.32. The van der Waals surface area contributed by atoms with Gasteiger partial charge in [-0.25, -0.2) is 0 Å². The fraction of sp³-hybridized carbons (Fsp3) is 1.00. The molecule has 0 N–H and O–H groups in total. The van der Waals surface area contributed by atoms with E-state index in [4.69, 9.17) is 23.7 Å². The van der Waals surface area contributed by atoms with Crippen molar-refractivity contribution in [3.05, 3.63) is 0 Å². The van der Waals surface area contributed by atoms with Gasteiger partial charge < -0.3 is 18.9 Å². The normalized spacial score (nSPS) is 34.0. The van der Waals surface area contributed by atoms with Crippen LogP contribution in [0.4, 0.5) is 0 Å². The van der Waals surface area contributed by atoms with Gasteiger partial charge >= 0.3 is 0 Å². The third-order valence-electron chi connectivity index (χ3n) is 3.51. The predicted octanol–water partition coefficient (Wildman–Crippen LogP) is 3.53. The number of ether oxygens (including phenoxy) is 5. The molecule has 5 nitrogen and oxygen atoms in total. The molecule has 0 aromatic carbocycles. The van der Waals surface area contributed by atoms with Crippen LogP contribution in [0, 0.1) is 0 Å². The first kappa shape index (κ1) is 18.1. The minimum absolute atomic E-state index is 0.522. The number of halogens is 2. The van der Waals surface area contributed by atoms with Crippen molar-refractivity contribution >= 4 is 31.9 Å². The molecule has 2 aliphatic rings. The molecule has 2 aliphatic heterocycles. The third kappa shape index (κ3) is 5.41. The zero-order chi connectivity index (χ0) is 15.0. The molecule has 0 aliphatic carbocycles. The third-order valence-corrected chi connectivity index (χ3v) is 4.16. The van der Waals surface area contributed by atoms with Crippen LogP contribution in [0.2, 0.25) is 0 Å². The maximum Gasteiger partial charge on any atom is 0.287 e. The molecule has 2 fully saturated rings. The summed E-state index contributed by atoms with van der Waals surface area (Å²) in [5.74, 6) is -2.09. The van der Waals surface area contributed by atoms with E-state index in [1.807, 2.05) is 0 Å². The Morgan fingerprint density at radius 2 is 1.24 bits per heavy atom. The van der Waals surface area contributed by atoms with Crippen LogP contribution in [0.5, 0.6) is 0 Å². The standard InChI is InChI=1S/C14H24Br2O5/c15-7-11-19-13(5-1-3-9-17-13)21-14(20-12-8-16)6-2-4-10-18-14/h1-12H2. The van der Waals surface area contributed by atoms with Crippen molar-refractivity contribution in [3.63, 3.8) is 0 Å². The highest BCUT2D eigenvalue weighted by Gasteiger charge is 2.47. The van der Waals surface area contributed by atoms with E-state index in [0.29, 0.717) is 39.3 Å². The second-order valence-electron chi connectivity index (χ2n) is 5.15. The highest BCUT2D eigenvalue weighted by Crippen LogP contribution is 2.37. The van der Waals surface area contributed by atoms with E-state index in [1.54, 1.807) is 0 Å². The molecule has 2 unspecified atom stereocenters. The maximum absolute atomic E-state index is 6.18. The van der Waals surface area contributed by atoms with Crippen molar-refractivity contribution in [1.82, 2.24) is 0 Å². The van der Waals surface area contributed by atoms with Crippen molar-refractivity contribution < 1.29 is 23.7 Å². The van der Waals surface area contributed by atoms with Gasteiger partial charge in [-0.3, -0.25) is 4.74 Å². The zero-order valence-corrected chi connectivity index (χ0v) is 15.5. The van der Waals surface area contributed by atoms with Crippen molar-refractivity contribution in [2.75, 3.05) is 37.1 Å². The number of hydrogen-bond donors (Lipinski definition) is 0. The molecule has 0 aromatic rings. The summed E-state index contributed by atoms with van der Waals surface area (Å²) < 4.78 is 29.6. The molecule has 0 saturated carbocycles. The van der Waals surface area contributed by atoms with Crippen LogP contribution >= 0.6 is 31.9 Å². The van der Waals surface area contributed by atoms with Gasteiger partial charge in [-0.2, -0.15) is 0 Å². The summed E-state index contributed by atoms with van der Waals surface area (Å²) in [4.78, 5) is 0. The van der Waals surface area contributed by atoms with E-state index in [9.17, 15) is 0 Å². The van der Waals surface area contributed by atoms with Gasteiger partial charge in [0.2, 0.25) is 0 Å². The highest BCUT2D eigenvalue weighted by atomic mass is 79.9. The maximum atomic E-state index is 6.18. The molecule has 2 rings (SSSR count). The van der Waals surface area contributed by atoms with Crippen molar-refractivity contribution in [2.24, 2.45) is 0 Å². The Kier molecular flexibility index (Phi) is 7.89. The first-order chi connectivity index (χ1) is 10.2. The molecular formula is C14H24Br2O5. The molecule has 0 bridgehead atoms. The van der Waals surface area contributed by atoms with Crippen molar-refractivity contribution in [3.8, 4) is 0 Å². The molecule has 2 heterocycles. The molecule has 124 valence electrons. The summed E-state index contributed by atoms with van der Waals surface area (Å²) in [6.07, 6.45) is 5.47. The largest absolute Gasteiger partial charge is 0.327 e. The Hall–Kier alpha value is 0.760. The van der Waals surface area contributed by atoms with E-state index >= 15 is 0 Å². The van der Waals surface area contributed by atoms with Crippen LogP contribution in [-0.2, 0) is 23.7 Å². The minimum Gasteiger partial charge on any atom is -0.327 e. The Balaban J connectivity index is 2.06. The highest BCUT2D eigenvalue weighted by molar-refractivity contribution is 9.09. The lowest BCUT2D eigenvalue weighted by molar-refractivity contribution is -0.513. The Morgan fingerprint density at radius 1 is 0.762 bits per heavy atom. The summed E-state index contributed by atoms with van der Waals surface area (Å²) >= 11 is 6.75. The first-order valence-electron chi connectivity index (χ1n) is 7.62. The van der Waals surface area contributed by atoms with E-state index in [1.165, 1.54) is 0 Å². The quantitative estimate of drug-likeness (QED) is 0.434. The second kappa shape index (κ2) is 9.15. The van der Waals surface area contributed by atoms with E-state index < -0.39 is 11.9 Å². The summed E-state index contributed by atoms with van der Waals surface area (Å²) in [5, 5.41) is 1.47. The van der Waals surface area contributed by atoms with Crippen molar-refractivity contribution in [2.45, 2.75) is 50.5 Å². The molecule has 0 aromatic heterocycles. The van der Waals surface area contributed by atoms with E-state index in [0.717, 1.165) is 36.3 Å². The predicted molar refractivity (Wildman–Crippen MR) is 85.6 cm³/mol. The molecule has 2 atom stereocenters. The van der Waals surface area contributed by atoms with Gasteiger partial charge in [0, 0.05) is 23.5 Å². The average molecular weight is 432 g/mol. The molecule has 0 radical (unpaired) electrons. The van der Waals surface area contributed by atoms with E-state index in [2.05, 4.69) is 31.9 Å². The SMILES string of the molecule is BrCCOC1(OC2(OCCBr)CCCCO2)CCCCO1. The monoisotopic (exact) mass is 430 g/mol. The smallest absolute Gasteiger partial charge is 0.287 e. The molecule has 0 amide bonds. The van der Waals surface area contributed by atoms with Gasteiger partial charge in [0.05, 0.1) is 26.4 Å². The van der Waals surface area contributed by atoms with Crippen LogP contribution in [0.15, 0.2) is 0 Å². The molecule has 21 heavy (non-hydrogen) atoms. The molecule has 0 spiro atoms. The Morgan fingerprint density at radius 3 is 1.57 bits per heavy atom. The van der Waals surface area contributed by atoms with Gasteiger partial charge in [0.15, 0.2) is 0 Å². The van der Waals surface area contributed by atoms with Crippen LogP contribution in [-0.4, -0.2) is 49.0 Å². The average Bonchev–Trinajstić information content (AvgIpc) is 2.53. The number of rotatable bonds is 8. The molecule has 7 heteroatoms. The van der Waals surface area contributed by atoms with Gasteiger partial charge in [-0.05, 0) is 25.7 Å². The summed E-state index contributed by atoms with van der Waals surface area (Å²) in [6, 6.07) is 0. The fourth-order valence-corrected chi connectivity index (χ4v) is 2.88. The van der Waals surface area contributed by atoms with Gasteiger partial charge in [-0.15, -0.1) is 0 Å². The minimum atomic E-state index is -1.05. The van der Waals surface area contributed by atoms with Crippen LogP contribution < -0.4 is 0 Å². The van der Waals surface area contributed by atoms with E-state index in [-0.39, 0.29) is 0 Å². The van der Waals surface area contributed by atoms with Crippen LogP contribution in [0.25, 0.3) is 0 Å². The van der Waals surface area contributed by atoms with Gasteiger partial charge in [0.25, 0.3) is 11.9 Å². The lowest BCUT2D eigenvalue weighted by atomic mass is 10.1. The van der Waals surface area contributed by atoms with Gasteiger partial charge in [0.1, 0.15) is 0 Å². The lowest BCUT2D eigenvalue weighted by Crippen LogP contribution is -2.54. The lowest BCUT2D eigenvalue weighted by Gasteiger charge is -2.45. The fourth-order valence-electron chi connectivity index (χ4n) is 2.56. The zero-order valence-electron chi connectivity index (χ0n) is 12.3. The van der Waals surface area contributed by atoms with Gasteiger partial charge in [-0.1, -0.05) is 31.9 Å². The second-order valence-corrected chi connectivity index (χ2v) is 6.74. The topological polar surface area (TPSA) is 46.2 Å². The summed E-state index contributed by atoms with van der Waals surface area (Å²) in [7, 11) is 0. The number of alkyl halides is 2. The Bertz CT molecular complexity index is 263. The number of hydrogen-bond acceptors (Lipinski definition) is 5. The van der Waals surface area contributed by atoms with Crippen LogP contribution in [0.1, 0.15) is 38.5 Å². The molecule has 2 saturated heterocycles. The summed E-state index contributed by atoms with van der Waals surface area (Å²) in [5.41, 5.74) is 0.